The summed E-state index contributed by atoms with van der Waals surface area (Å²) in [4.78, 5) is 18.1. The molecular formula is C20H19ClN6O. The number of benzene rings is 1. The molecule has 3 aromatic heterocycles. The Morgan fingerprint density at radius 2 is 2.04 bits per heavy atom. The molecule has 0 aliphatic rings. The van der Waals surface area contributed by atoms with E-state index in [1.54, 1.807) is 4.57 Å². The van der Waals surface area contributed by atoms with E-state index in [1.807, 2.05) is 50.2 Å². The molecule has 0 spiro atoms. The highest BCUT2D eigenvalue weighted by Crippen LogP contribution is 2.32. The van der Waals surface area contributed by atoms with Crippen molar-refractivity contribution in [3.8, 4) is 11.1 Å². The Bertz CT molecular complexity index is 1200. The molecule has 0 radical (unpaired) electrons. The van der Waals surface area contributed by atoms with Gasteiger partial charge in [-0.15, -0.1) is 5.10 Å². The fraction of sp³-hybridized carbons (Fsp3) is 0.250. The lowest BCUT2D eigenvalue weighted by Gasteiger charge is -2.17. The molecule has 28 heavy (non-hydrogen) atoms. The molecule has 3 heterocycles. The lowest BCUT2D eigenvalue weighted by atomic mass is 9.94. The molecule has 0 unspecified atom stereocenters. The molecule has 0 bridgehead atoms. The van der Waals surface area contributed by atoms with Gasteiger partial charge < -0.3 is 0 Å². The van der Waals surface area contributed by atoms with Gasteiger partial charge >= 0.3 is 0 Å². The average molecular weight is 395 g/mol. The third-order valence-electron chi connectivity index (χ3n) is 4.77. The number of aromatic amines is 1. The van der Waals surface area contributed by atoms with Crippen molar-refractivity contribution in [2.45, 2.75) is 33.2 Å². The molecule has 1 N–H and O–H groups in total. The van der Waals surface area contributed by atoms with Gasteiger partial charge in [0.1, 0.15) is 11.5 Å². The summed E-state index contributed by atoms with van der Waals surface area (Å²) in [7, 11) is 0. The number of hydrogen-bond donors (Lipinski definition) is 1. The van der Waals surface area contributed by atoms with Crippen molar-refractivity contribution in [3.05, 3.63) is 68.9 Å². The van der Waals surface area contributed by atoms with Crippen LogP contribution in [0.15, 0.2) is 41.2 Å². The zero-order valence-corrected chi connectivity index (χ0v) is 16.4. The third-order valence-corrected chi connectivity index (χ3v) is 5.01. The fourth-order valence-corrected chi connectivity index (χ4v) is 3.69. The van der Waals surface area contributed by atoms with E-state index in [1.165, 1.54) is 0 Å². The summed E-state index contributed by atoms with van der Waals surface area (Å²) in [6.07, 6.45) is 1.03. The summed E-state index contributed by atoms with van der Waals surface area (Å²) in [5.74, 6) is 0.640. The van der Waals surface area contributed by atoms with Crippen molar-refractivity contribution in [2.75, 3.05) is 0 Å². The average Bonchev–Trinajstić information content (AvgIpc) is 3.20. The first kappa shape index (κ1) is 18.3. The smallest absolute Gasteiger partial charge is 0.256 e. The fourth-order valence-electron chi connectivity index (χ4n) is 3.50. The molecule has 4 rings (SSSR count). The highest BCUT2D eigenvalue weighted by Gasteiger charge is 2.19. The lowest BCUT2D eigenvalue weighted by molar-refractivity contribution is 0.730. The topological polar surface area (TPSA) is 89.4 Å². The maximum Gasteiger partial charge on any atom is 0.256 e. The maximum atomic E-state index is 13.4. The summed E-state index contributed by atoms with van der Waals surface area (Å²) in [5.41, 5.74) is 3.98. The second kappa shape index (κ2) is 7.52. The molecule has 0 atom stereocenters. The largest absolute Gasteiger partial charge is 0.293 e. The van der Waals surface area contributed by atoms with Gasteiger partial charge in [-0.25, -0.2) is 10.1 Å². The minimum absolute atomic E-state index is 0.0458. The van der Waals surface area contributed by atoms with E-state index in [-0.39, 0.29) is 5.56 Å². The maximum absolute atomic E-state index is 13.4. The number of nitrogens with one attached hydrogen (secondary N) is 1. The minimum Gasteiger partial charge on any atom is -0.293 e. The second-order valence-corrected chi connectivity index (χ2v) is 7.02. The number of pyridine rings is 2. The molecule has 0 fully saturated rings. The third kappa shape index (κ3) is 3.29. The zero-order valence-electron chi connectivity index (χ0n) is 15.6. The van der Waals surface area contributed by atoms with Crippen LogP contribution in [-0.2, 0) is 19.4 Å². The molecule has 1 aromatic carbocycles. The van der Waals surface area contributed by atoms with Crippen molar-refractivity contribution in [1.29, 1.82) is 0 Å². The van der Waals surface area contributed by atoms with Crippen molar-refractivity contribution in [1.82, 2.24) is 30.2 Å². The monoisotopic (exact) mass is 394 g/mol. The van der Waals surface area contributed by atoms with Gasteiger partial charge in [-0.05, 0) is 60.5 Å². The van der Waals surface area contributed by atoms with Crippen LogP contribution in [0.1, 0.15) is 24.0 Å². The predicted molar refractivity (Wildman–Crippen MR) is 108 cm³/mol. The summed E-state index contributed by atoms with van der Waals surface area (Å²) in [5, 5.41) is 15.5. The number of rotatable bonds is 5. The molecule has 0 aliphatic heterocycles. The van der Waals surface area contributed by atoms with E-state index >= 15 is 0 Å². The first-order chi connectivity index (χ1) is 13.6. The lowest BCUT2D eigenvalue weighted by Crippen LogP contribution is -2.26. The van der Waals surface area contributed by atoms with E-state index in [0.29, 0.717) is 41.4 Å². The SMILES string of the molecule is CCn1c(=O)c(CCc2nnn[nH]2)c(-c2cccc(Cl)c2)c2ccc(C)nc21. The van der Waals surface area contributed by atoms with Crippen LogP contribution in [0, 0.1) is 6.92 Å². The van der Waals surface area contributed by atoms with Gasteiger partial charge in [-0.3, -0.25) is 9.36 Å². The van der Waals surface area contributed by atoms with E-state index in [0.717, 1.165) is 22.2 Å². The molecular weight excluding hydrogens is 376 g/mol. The van der Waals surface area contributed by atoms with Crippen LogP contribution in [0.3, 0.4) is 0 Å². The van der Waals surface area contributed by atoms with E-state index in [9.17, 15) is 4.79 Å². The zero-order chi connectivity index (χ0) is 19.7. The van der Waals surface area contributed by atoms with E-state index in [2.05, 4.69) is 25.6 Å². The van der Waals surface area contributed by atoms with Gasteiger partial charge in [0.15, 0.2) is 0 Å². The summed E-state index contributed by atoms with van der Waals surface area (Å²) in [6.45, 7) is 4.42. The molecule has 0 aliphatic carbocycles. The molecule has 7 nitrogen and oxygen atoms in total. The highest BCUT2D eigenvalue weighted by molar-refractivity contribution is 6.30. The Morgan fingerprint density at radius 1 is 1.18 bits per heavy atom. The van der Waals surface area contributed by atoms with Gasteiger partial charge in [-0.1, -0.05) is 23.7 Å². The minimum atomic E-state index is -0.0458. The van der Waals surface area contributed by atoms with Crippen LogP contribution in [0.2, 0.25) is 5.02 Å². The van der Waals surface area contributed by atoms with Crippen molar-refractivity contribution < 1.29 is 0 Å². The van der Waals surface area contributed by atoms with Gasteiger partial charge in [0, 0.05) is 40.2 Å². The van der Waals surface area contributed by atoms with Gasteiger partial charge in [0.05, 0.1) is 0 Å². The number of tetrazole rings is 1. The molecule has 8 heteroatoms. The standard InChI is InChI=1S/C20H19ClN6O/c1-3-27-19-15(8-7-12(2)22-19)18(13-5-4-6-14(21)11-13)16(20(27)28)9-10-17-23-25-26-24-17/h4-8,11H,3,9-10H2,1-2H3,(H,23,24,25,26). The molecule has 0 saturated heterocycles. The Balaban J connectivity index is 2.01. The number of aromatic nitrogens is 6. The van der Waals surface area contributed by atoms with Crippen LogP contribution in [0.5, 0.6) is 0 Å². The number of H-pyrrole nitrogens is 1. The Hall–Kier alpha value is -3.06. The van der Waals surface area contributed by atoms with Crippen LogP contribution in [0.4, 0.5) is 0 Å². The summed E-state index contributed by atoms with van der Waals surface area (Å²) >= 11 is 6.25. The van der Waals surface area contributed by atoms with Crippen LogP contribution < -0.4 is 5.56 Å². The quantitative estimate of drug-likeness (QED) is 0.560. The molecule has 0 amide bonds. The number of fused-ring (bicyclic) bond motifs is 1. The molecule has 0 saturated carbocycles. The first-order valence-corrected chi connectivity index (χ1v) is 9.48. The van der Waals surface area contributed by atoms with Gasteiger partial charge in [-0.2, -0.15) is 0 Å². The Labute approximate surface area is 166 Å². The Kier molecular flexibility index (Phi) is 4.92. The second-order valence-electron chi connectivity index (χ2n) is 6.59. The van der Waals surface area contributed by atoms with Crippen LogP contribution >= 0.6 is 11.6 Å². The normalized spacial score (nSPS) is 11.2. The number of aryl methyl sites for hydroxylation is 3. The molecule has 142 valence electrons. The number of nitrogens with zero attached hydrogens (tertiary/aromatic N) is 5. The highest BCUT2D eigenvalue weighted by atomic mass is 35.5. The Morgan fingerprint density at radius 3 is 2.75 bits per heavy atom. The van der Waals surface area contributed by atoms with E-state index in [4.69, 9.17) is 11.6 Å². The molecule has 4 aromatic rings. The number of halogens is 1. The van der Waals surface area contributed by atoms with Crippen molar-refractivity contribution in [3.63, 3.8) is 0 Å². The first-order valence-electron chi connectivity index (χ1n) is 9.10. The van der Waals surface area contributed by atoms with Crippen molar-refractivity contribution >= 4 is 22.6 Å². The summed E-state index contributed by atoms with van der Waals surface area (Å²) in [6, 6.07) is 11.6. The van der Waals surface area contributed by atoms with Crippen LogP contribution in [-0.4, -0.2) is 30.2 Å². The van der Waals surface area contributed by atoms with Gasteiger partial charge in [0.25, 0.3) is 5.56 Å². The van der Waals surface area contributed by atoms with E-state index < -0.39 is 0 Å². The van der Waals surface area contributed by atoms with Crippen LogP contribution in [0.25, 0.3) is 22.2 Å². The predicted octanol–water partition coefficient (Wildman–Crippen LogP) is 3.34. The number of hydrogen-bond acceptors (Lipinski definition) is 5. The van der Waals surface area contributed by atoms with Gasteiger partial charge in [0.2, 0.25) is 0 Å². The van der Waals surface area contributed by atoms with Crippen molar-refractivity contribution in [2.24, 2.45) is 0 Å². The summed E-state index contributed by atoms with van der Waals surface area (Å²) < 4.78 is 1.73.